The number of rotatable bonds is 4. The third-order valence-electron chi connectivity index (χ3n) is 2.88. The summed E-state index contributed by atoms with van der Waals surface area (Å²) in [7, 11) is 0. The molecule has 0 atom stereocenters. The lowest BCUT2D eigenvalue weighted by atomic mass is 9.97. The summed E-state index contributed by atoms with van der Waals surface area (Å²) < 4.78 is 0. The molecule has 17 heavy (non-hydrogen) atoms. The Labute approximate surface area is 106 Å². The largest absolute Gasteiger partial charge is 0.481 e. The topological polar surface area (TPSA) is 37.3 Å². The van der Waals surface area contributed by atoms with E-state index in [1.807, 2.05) is 18.2 Å². The maximum absolute atomic E-state index is 10.8. The summed E-state index contributed by atoms with van der Waals surface area (Å²) >= 11 is 1.73. The second-order valence-electron chi connectivity index (χ2n) is 4.22. The summed E-state index contributed by atoms with van der Waals surface area (Å²) in [5.41, 5.74) is 1.12. The lowest BCUT2D eigenvalue weighted by molar-refractivity contribution is -0.136. The first-order valence-corrected chi connectivity index (χ1v) is 6.73. The maximum atomic E-state index is 10.8. The van der Waals surface area contributed by atoms with Crippen LogP contribution in [0, 0.1) is 0 Å². The van der Waals surface area contributed by atoms with Gasteiger partial charge in [0.2, 0.25) is 0 Å². The second-order valence-corrected chi connectivity index (χ2v) is 5.39. The molecular formula is C14H16O2S. The molecule has 1 aliphatic rings. The Balaban J connectivity index is 2.15. The highest BCUT2D eigenvalue weighted by Crippen LogP contribution is 2.38. The van der Waals surface area contributed by atoms with Crippen molar-refractivity contribution in [3.8, 4) is 0 Å². The van der Waals surface area contributed by atoms with Gasteiger partial charge in [0, 0.05) is 4.90 Å². The van der Waals surface area contributed by atoms with Gasteiger partial charge in [-0.2, -0.15) is 0 Å². The van der Waals surface area contributed by atoms with Gasteiger partial charge in [-0.25, -0.2) is 0 Å². The SMILES string of the molecule is O=C(O)CC1=C(Sc2ccccc2)CCCC1. The highest BCUT2D eigenvalue weighted by molar-refractivity contribution is 8.03. The van der Waals surface area contributed by atoms with Crippen LogP contribution >= 0.6 is 11.8 Å². The quantitative estimate of drug-likeness (QED) is 0.872. The van der Waals surface area contributed by atoms with Crippen LogP contribution in [-0.4, -0.2) is 11.1 Å². The van der Waals surface area contributed by atoms with Gasteiger partial charge in [0.25, 0.3) is 0 Å². The first-order chi connectivity index (χ1) is 8.25. The van der Waals surface area contributed by atoms with Gasteiger partial charge >= 0.3 is 5.97 Å². The smallest absolute Gasteiger partial charge is 0.307 e. The summed E-state index contributed by atoms with van der Waals surface area (Å²) in [5, 5.41) is 8.91. The van der Waals surface area contributed by atoms with E-state index in [0.29, 0.717) is 0 Å². The number of benzene rings is 1. The lowest BCUT2D eigenvalue weighted by Crippen LogP contribution is -2.03. The molecule has 3 heteroatoms. The summed E-state index contributed by atoms with van der Waals surface area (Å²) in [6.07, 6.45) is 4.48. The van der Waals surface area contributed by atoms with Crippen LogP contribution in [-0.2, 0) is 4.79 Å². The van der Waals surface area contributed by atoms with Gasteiger partial charge in [0.15, 0.2) is 0 Å². The molecule has 0 saturated heterocycles. The fourth-order valence-corrected chi connectivity index (χ4v) is 3.21. The average molecular weight is 248 g/mol. The predicted molar refractivity (Wildman–Crippen MR) is 70.0 cm³/mol. The average Bonchev–Trinajstić information content (AvgIpc) is 2.32. The van der Waals surface area contributed by atoms with E-state index in [-0.39, 0.29) is 6.42 Å². The van der Waals surface area contributed by atoms with Gasteiger partial charge in [0.1, 0.15) is 0 Å². The van der Waals surface area contributed by atoms with Crippen molar-refractivity contribution < 1.29 is 9.90 Å². The van der Waals surface area contributed by atoms with Gasteiger partial charge in [-0.05, 0) is 48.3 Å². The van der Waals surface area contributed by atoms with Crippen molar-refractivity contribution in [3.63, 3.8) is 0 Å². The van der Waals surface area contributed by atoms with Crippen molar-refractivity contribution in [2.24, 2.45) is 0 Å². The van der Waals surface area contributed by atoms with E-state index >= 15 is 0 Å². The van der Waals surface area contributed by atoms with Crippen molar-refractivity contribution >= 4 is 17.7 Å². The molecule has 0 heterocycles. The highest BCUT2D eigenvalue weighted by Gasteiger charge is 2.16. The van der Waals surface area contributed by atoms with Crippen molar-refractivity contribution in [2.45, 2.75) is 37.0 Å². The molecule has 0 aromatic heterocycles. The number of carboxylic acid groups (broad SMARTS) is 1. The number of allylic oxidation sites excluding steroid dienone is 1. The van der Waals surface area contributed by atoms with Crippen LogP contribution < -0.4 is 0 Å². The van der Waals surface area contributed by atoms with Crippen molar-refractivity contribution in [1.82, 2.24) is 0 Å². The molecular weight excluding hydrogens is 232 g/mol. The first-order valence-electron chi connectivity index (χ1n) is 5.91. The third kappa shape index (κ3) is 3.63. The van der Waals surface area contributed by atoms with Crippen LogP contribution in [0.1, 0.15) is 32.1 Å². The van der Waals surface area contributed by atoms with Gasteiger partial charge in [0.05, 0.1) is 6.42 Å². The van der Waals surface area contributed by atoms with Crippen LogP contribution in [0.25, 0.3) is 0 Å². The number of thioether (sulfide) groups is 1. The van der Waals surface area contributed by atoms with Crippen LogP contribution in [0.3, 0.4) is 0 Å². The predicted octanol–water partition coefficient (Wildman–Crippen LogP) is 4.08. The van der Waals surface area contributed by atoms with Gasteiger partial charge in [-0.3, -0.25) is 4.79 Å². The zero-order valence-electron chi connectivity index (χ0n) is 9.69. The van der Waals surface area contributed by atoms with Crippen molar-refractivity contribution in [2.75, 3.05) is 0 Å². The normalized spacial score (nSPS) is 16.0. The summed E-state index contributed by atoms with van der Waals surface area (Å²) in [4.78, 5) is 13.3. The Morgan fingerprint density at radius 2 is 1.88 bits per heavy atom. The van der Waals surface area contributed by atoms with Crippen LogP contribution in [0.4, 0.5) is 0 Å². The van der Waals surface area contributed by atoms with Crippen molar-refractivity contribution in [3.05, 3.63) is 40.8 Å². The minimum atomic E-state index is -0.715. The van der Waals surface area contributed by atoms with E-state index in [2.05, 4.69) is 12.1 Å². The molecule has 0 radical (unpaired) electrons. The van der Waals surface area contributed by atoms with Gasteiger partial charge in [-0.1, -0.05) is 30.0 Å². The van der Waals surface area contributed by atoms with E-state index in [0.717, 1.165) is 24.8 Å². The molecule has 0 unspecified atom stereocenters. The molecule has 1 aromatic carbocycles. The minimum absolute atomic E-state index is 0.204. The number of hydrogen-bond donors (Lipinski definition) is 1. The summed E-state index contributed by atoms with van der Waals surface area (Å²) in [6.45, 7) is 0. The van der Waals surface area contributed by atoms with Crippen LogP contribution in [0.5, 0.6) is 0 Å². The highest BCUT2D eigenvalue weighted by atomic mass is 32.2. The zero-order valence-corrected chi connectivity index (χ0v) is 10.5. The molecule has 0 aliphatic heterocycles. The Kier molecular flexibility index (Phi) is 4.26. The molecule has 0 bridgehead atoms. The zero-order chi connectivity index (χ0) is 12.1. The monoisotopic (exact) mass is 248 g/mol. The van der Waals surface area contributed by atoms with E-state index < -0.39 is 5.97 Å². The molecule has 0 spiro atoms. The number of hydrogen-bond acceptors (Lipinski definition) is 2. The number of aliphatic carboxylic acids is 1. The molecule has 0 amide bonds. The number of carbonyl (C=O) groups is 1. The molecule has 1 aliphatic carbocycles. The van der Waals surface area contributed by atoms with Crippen molar-refractivity contribution in [1.29, 1.82) is 0 Å². The fourth-order valence-electron chi connectivity index (χ4n) is 2.06. The van der Waals surface area contributed by atoms with Gasteiger partial charge in [-0.15, -0.1) is 0 Å². The van der Waals surface area contributed by atoms with E-state index in [1.54, 1.807) is 11.8 Å². The number of carboxylic acids is 1. The fraction of sp³-hybridized carbons (Fsp3) is 0.357. The molecule has 2 rings (SSSR count). The Morgan fingerprint density at radius 1 is 1.18 bits per heavy atom. The Bertz CT molecular complexity index is 423. The Morgan fingerprint density at radius 3 is 2.59 bits per heavy atom. The molecule has 2 nitrogen and oxygen atoms in total. The van der Waals surface area contributed by atoms with Crippen LogP contribution in [0.15, 0.2) is 45.7 Å². The molecule has 1 aromatic rings. The minimum Gasteiger partial charge on any atom is -0.481 e. The molecule has 1 N–H and O–H groups in total. The van der Waals surface area contributed by atoms with E-state index in [4.69, 9.17) is 5.11 Å². The molecule has 0 fully saturated rings. The van der Waals surface area contributed by atoms with E-state index in [9.17, 15) is 4.79 Å². The van der Waals surface area contributed by atoms with E-state index in [1.165, 1.54) is 16.2 Å². The van der Waals surface area contributed by atoms with Gasteiger partial charge < -0.3 is 5.11 Å². The Hall–Kier alpha value is -1.22. The summed E-state index contributed by atoms with van der Waals surface area (Å²) in [5.74, 6) is -0.715. The maximum Gasteiger partial charge on any atom is 0.307 e. The third-order valence-corrected chi connectivity index (χ3v) is 4.12. The molecule has 0 saturated carbocycles. The summed E-state index contributed by atoms with van der Waals surface area (Å²) in [6, 6.07) is 10.2. The molecule has 90 valence electrons. The first kappa shape index (κ1) is 12.2. The van der Waals surface area contributed by atoms with Crippen LogP contribution in [0.2, 0.25) is 0 Å². The standard InChI is InChI=1S/C14H16O2S/c15-14(16)10-11-6-4-5-9-13(11)17-12-7-2-1-3-8-12/h1-3,7-8H,4-6,9-10H2,(H,15,16). The lowest BCUT2D eigenvalue weighted by Gasteiger charge is -2.18. The second kappa shape index (κ2) is 5.92.